The molecule has 0 aliphatic heterocycles. The highest BCUT2D eigenvalue weighted by atomic mass is 32.2. The van der Waals surface area contributed by atoms with Gasteiger partial charge in [0.2, 0.25) is 0 Å². The number of ether oxygens (including phenoxy) is 1. The van der Waals surface area contributed by atoms with Gasteiger partial charge in [0.15, 0.2) is 0 Å². The van der Waals surface area contributed by atoms with Gasteiger partial charge in [0.1, 0.15) is 10.6 Å². The number of rotatable bonds is 4. The fourth-order valence-electron chi connectivity index (χ4n) is 1.49. The molecule has 0 aliphatic carbocycles. The first-order chi connectivity index (χ1) is 8.53. The second-order valence-electron chi connectivity index (χ2n) is 3.74. The fourth-order valence-corrected chi connectivity index (χ4v) is 2.46. The maximum Gasteiger partial charge on any atom is 0.265 e. The van der Waals surface area contributed by atoms with Crippen LogP contribution in [-0.4, -0.2) is 25.7 Å². The van der Waals surface area contributed by atoms with Crippen LogP contribution in [0.5, 0.6) is 5.75 Å². The summed E-state index contributed by atoms with van der Waals surface area (Å²) in [4.78, 5) is 0.0751. The number of aromatic nitrogens is 2. The summed E-state index contributed by atoms with van der Waals surface area (Å²) in [6.07, 6.45) is 2.55. The van der Waals surface area contributed by atoms with Gasteiger partial charge in [-0.2, -0.15) is 5.10 Å². The van der Waals surface area contributed by atoms with Crippen molar-refractivity contribution in [3.63, 3.8) is 0 Å². The number of H-pyrrole nitrogens is 1. The molecule has 18 heavy (non-hydrogen) atoms. The molecule has 7 heteroatoms. The molecule has 6 nitrogen and oxygen atoms in total. The smallest absolute Gasteiger partial charge is 0.265 e. The van der Waals surface area contributed by atoms with Crippen molar-refractivity contribution in [3.8, 4) is 5.75 Å². The van der Waals surface area contributed by atoms with Gasteiger partial charge in [-0.1, -0.05) is 6.07 Å². The van der Waals surface area contributed by atoms with E-state index in [9.17, 15) is 8.42 Å². The van der Waals surface area contributed by atoms with Gasteiger partial charge in [0.25, 0.3) is 10.0 Å². The van der Waals surface area contributed by atoms with Crippen LogP contribution in [0.1, 0.15) is 5.56 Å². The normalized spacial score (nSPS) is 11.2. The van der Waals surface area contributed by atoms with Crippen molar-refractivity contribution in [2.24, 2.45) is 0 Å². The Labute approximate surface area is 105 Å². The summed E-state index contributed by atoms with van der Waals surface area (Å²) in [5, 5.41) is 6.08. The topological polar surface area (TPSA) is 84.1 Å². The van der Waals surface area contributed by atoms with Crippen molar-refractivity contribution in [2.45, 2.75) is 11.8 Å². The summed E-state index contributed by atoms with van der Waals surface area (Å²) >= 11 is 0. The van der Waals surface area contributed by atoms with Crippen molar-refractivity contribution in [1.29, 1.82) is 0 Å². The Kier molecular flexibility index (Phi) is 3.24. The van der Waals surface area contributed by atoms with Crippen LogP contribution < -0.4 is 9.46 Å². The Morgan fingerprint density at radius 3 is 2.78 bits per heavy atom. The highest BCUT2D eigenvalue weighted by molar-refractivity contribution is 7.92. The summed E-state index contributed by atoms with van der Waals surface area (Å²) in [5.74, 6) is 0.465. The molecule has 1 heterocycles. The predicted octanol–water partition coefficient (Wildman–Crippen LogP) is 1.53. The van der Waals surface area contributed by atoms with E-state index in [1.807, 2.05) is 13.0 Å². The average molecular weight is 267 g/mol. The number of anilines is 1. The molecule has 0 aliphatic rings. The van der Waals surface area contributed by atoms with Crippen molar-refractivity contribution in [2.75, 3.05) is 11.8 Å². The van der Waals surface area contributed by atoms with Crippen molar-refractivity contribution < 1.29 is 13.2 Å². The maximum absolute atomic E-state index is 12.0. The van der Waals surface area contributed by atoms with Crippen LogP contribution in [-0.2, 0) is 10.0 Å². The average Bonchev–Trinajstić information content (AvgIpc) is 2.83. The zero-order chi connectivity index (χ0) is 13.2. The maximum atomic E-state index is 12.0. The van der Waals surface area contributed by atoms with E-state index in [1.165, 1.54) is 19.5 Å². The summed E-state index contributed by atoms with van der Waals surface area (Å²) < 4.78 is 31.6. The molecule has 2 N–H and O–H groups in total. The fraction of sp³-hybridized carbons (Fsp3) is 0.182. The van der Waals surface area contributed by atoms with E-state index in [4.69, 9.17) is 4.74 Å². The molecule has 0 atom stereocenters. The number of nitrogens with zero attached hydrogens (tertiary/aromatic N) is 1. The van der Waals surface area contributed by atoms with Crippen molar-refractivity contribution in [3.05, 3.63) is 36.2 Å². The van der Waals surface area contributed by atoms with Crippen LogP contribution in [0.4, 0.5) is 5.69 Å². The van der Waals surface area contributed by atoms with Crippen LogP contribution in [0, 0.1) is 6.92 Å². The Hall–Kier alpha value is -2.02. The molecule has 0 bridgehead atoms. The van der Waals surface area contributed by atoms with Gasteiger partial charge in [-0.05, 0) is 24.6 Å². The van der Waals surface area contributed by atoms with Crippen LogP contribution in [0.3, 0.4) is 0 Å². The van der Waals surface area contributed by atoms with E-state index < -0.39 is 10.0 Å². The summed E-state index contributed by atoms with van der Waals surface area (Å²) in [6, 6.07) is 5.26. The van der Waals surface area contributed by atoms with E-state index in [0.717, 1.165) is 5.56 Å². The van der Waals surface area contributed by atoms with Crippen LogP contribution in [0.15, 0.2) is 35.5 Å². The van der Waals surface area contributed by atoms with E-state index in [-0.39, 0.29) is 4.90 Å². The van der Waals surface area contributed by atoms with E-state index in [0.29, 0.717) is 11.4 Å². The van der Waals surface area contributed by atoms with Crippen LogP contribution in [0.2, 0.25) is 0 Å². The van der Waals surface area contributed by atoms with Crippen molar-refractivity contribution in [1.82, 2.24) is 10.2 Å². The molecule has 1 aromatic carbocycles. The quantitative estimate of drug-likeness (QED) is 0.879. The zero-order valence-corrected chi connectivity index (χ0v) is 10.8. The first kappa shape index (κ1) is 12.4. The molecule has 2 aromatic rings. The monoisotopic (exact) mass is 267 g/mol. The Bertz CT molecular complexity index is 636. The minimum absolute atomic E-state index is 0.0751. The minimum atomic E-state index is -3.64. The lowest BCUT2D eigenvalue weighted by atomic mass is 10.2. The number of aryl methyl sites for hydroxylation is 1. The number of hydrogen-bond acceptors (Lipinski definition) is 4. The number of nitrogens with one attached hydrogen (secondary N) is 2. The van der Waals surface area contributed by atoms with Crippen molar-refractivity contribution >= 4 is 15.7 Å². The molecule has 0 amide bonds. The molecule has 1 aromatic heterocycles. The molecule has 0 saturated heterocycles. The van der Waals surface area contributed by atoms with Gasteiger partial charge < -0.3 is 4.74 Å². The molecule has 2 rings (SSSR count). The molecular weight excluding hydrogens is 254 g/mol. The lowest BCUT2D eigenvalue weighted by Gasteiger charge is -2.11. The summed E-state index contributed by atoms with van der Waals surface area (Å²) in [6.45, 7) is 1.87. The second-order valence-corrected chi connectivity index (χ2v) is 5.43. The van der Waals surface area contributed by atoms with Gasteiger partial charge in [0.05, 0.1) is 19.0 Å². The molecular formula is C11H13N3O3S. The number of hydrogen-bond donors (Lipinski definition) is 2. The first-order valence-electron chi connectivity index (χ1n) is 5.19. The minimum Gasteiger partial charge on any atom is -0.495 e. The molecule has 0 radical (unpaired) electrons. The summed E-state index contributed by atoms with van der Waals surface area (Å²) in [7, 11) is -2.16. The molecule has 0 spiro atoms. The zero-order valence-electron chi connectivity index (χ0n) is 9.97. The Morgan fingerprint density at radius 2 is 2.17 bits per heavy atom. The number of sulfonamides is 1. The van der Waals surface area contributed by atoms with Crippen LogP contribution >= 0.6 is 0 Å². The van der Waals surface area contributed by atoms with Gasteiger partial charge in [-0.3, -0.25) is 9.82 Å². The van der Waals surface area contributed by atoms with E-state index in [2.05, 4.69) is 14.9 Å². The van der Waals surface area contributed by atoms with Gasteiger partial charge in [-0.15, -0.1) is 0 Å². The third-order valence-corrected chi connectivity index (χ3v) is 3.72. The second kappa shape index (κ2) is 4.69. The third-order valence-electron chi connectivity index (χ3n) is 2.38. The number of aromatic amines is 1. The molecule has 0 saturated carbocycles. The highest BCUT2D eigenvalue weighted by Gasteiger charge is 2.17. The largest absolute Gasteiger partial charge is 0.495 e. The highest BCUT2D eigenvalue weighted by Crippen LogP contribution is 2.27. The lowest BCUT2D eigenvalue weighted by molar-refractivity contribution is 0.417. The van der Waals surface area contributed by atoms with Gasteiger partial charge >= 0.3 is 0 Å². The molecule has 96 valence electrons. The third kappa shape index (κ3) is 2.45. The molecule has 0 unspecified atom stereocenters. The standard InChI is InChI=1S/C11H13N3O3S/c1-8-3-4-11(17-2)10(5-8)14-18(15,16)9-6-12-13-7-9/h3-7,14H,1-2H3,(H,12,13). The predicted molar refractivity (Wildman–Crippen MR) is 67.1 cm³/mol. The summed E-state index contributed by atoms with van der Waals surface area (Å²) in [5.41, 5.74) is 1.33. The Morgan fingerprint density at radius 1 is 1.39 bits per heavy atom. The first-order valence-corrected chi connectivity index (χ1v) is 6.67. The molecule has 0 fully saturated rings. The van der Waals surface area contributed by atoms with Gasteiger partial charge in [-0.25, -0.2) is 8.42 Å². The van der Waals surface area contributed by atoms with E-state index >= 15 is 0 Å². The Balaban J connectivity index is 2.37. The SMILES string of the molecule is COc1ccc(C)cc1NS(=O)(=O)c1cn[nH]c1. The number of methoxy groups -OCH3 is 1. The number of benzene rings is 1. The lowest BCUT2D eigenvalue weighted by Crippen LogP contribution is -2.13. The van der Waals surface area contributed by atoms with E-state index in [1.54, 1.807) is 12.1 Å². The van der Waals surface area contributed by atoms with Gasteiger partial charge in [0, 0.05) is 6.20 Å². The van der Waals surface area contributed by atoms with Crippen LogP contribution in [0.25, 0.3) is 0 Å².